The second kappa shape index (κ2) is 17.3. The van der Waals surface area contributed by atoms with Gasteiger partial charge in [-0.25, -0.2) is 14.8 Å². The Labute approximate surface area is 347 Å². The minimum absolute atomic E-state index is 0.00263. The maximum absolute atomic E-state index is 14.0. The minimum Gasteiger partial charge on any atom is -0.455 e. The van der Waals surface area contributed by atoms with Gasteiger partial charge in [0.25, 0.3) is 0 Å². The molecule has 0 amide bonds. The van der Waals surface area contributed by atoms with Crippen molar-refractivity contribution in [3.63, 3.8) is 0 Å². The van der Waals surface area contributed by atoms with Gasteiger partial charge < -0.3 is 27.9 Å². The summed E-state index contributed by atoms with van der Waals surface area (Å²) in [6.45, 7) is 13.7. The third-order valence-corrected chi connectivity index (χ3v) is 16.0. The summed E-state index contributed by atoms with van der Waals surface area (Å²) in [6, 6.07) is 21.4. The molecule has 3 aromatic carbocycles. The third kappa shape index (κ3) is 9.38. The molecule has 3 heterocycles. The molecular formula is C42H44Cl3N3O8Si. The predicted octanol–water partition coefficient (Wildman–Crippen LogP) is 9.98. The maximum atomic E-state index is 14.0. The topological polar surface area (TPSA) is 128 Å². The molecule has 1 saturated heterocycles. The van der Waals surface area contributed by atoms with Crippen molar-refractivity contribution in [1.29, 1.82) is 0 Å². The number of benzene rings is 3. The Morgan fingerprint density at radius 3 is 2.14 bits per heavy atom. The molecule has 0 saturated carbocycles. The Kier molecular flexibility index (Phi) is 12.8. The van der Waals surface area contributed by atoms with Crippen molar-refractivity contribution in [2.45, 2.75) is 89.8 Å². The van der Waals surface area contributed by atoms with Crippen LogP contribution in [0.1, 0.15) is 68.4 Å². The zero-order valence-electron chi connectivity index (χ0n) is 32.6. The summed E-state index contributed by atoms with van der Waals surface area (Å²) in [5, 5.41) is 1.21. The van der Waals surface area contributed by atoms with E-state index in [0.29, 0.717) is 29.6 Å². The van der Waals surface area contributed by atoms with E-state index in [9.17, 15) is 14.4 Å². The van der Waals surface area contributed by atoms with Gasteiger partial charge >= 0.3 is 17.9 Å². The van der Waals surface area contributed by atoms with E-state index in [1.54, 1.807) is 41.1 Å². The number of carbonyl (C=O) groups is 3. The molecule has 0 N–H and O–H groups in total. The molecule has 1 unspecified atom stereocenters. The summed E-state index contributed by atoms with van der Waals surface area (Å²) in [4.78, 5) is 48.3. The second-order valence-electron chi connectivity index (χ2n) is 15.4. The van der Waals surface area contributed by atoms with E-state index in [1.165, 1.54) is 20.2 Å². The molecule has 2 aromatic heterocycles. The van der Waals surface area contributed by atoms with Crippen molar-refractivity contribution in [2.75, 3.05) is 6.61 Å². The first-order chi connectivity index (χ1) is 26.9. The maximum Gasteiger partial charge on any atom is 0.338 e. The Bertz CT molecular complexity index is 2260. The fourth-order valence-corrected chi connectivity index (χ4v) is 8.14. The van der Waals surface area contributed by atoms with E-state index in [4.69, 9.17) is 58.2 Å². The Balaban J connectivity index is 1.41. The molecule has 1 aliphatic rings. The zero-order chi connectivity index (χ0) is 41.2. The van der Waals surface area contributed by atoms with Crippen molar-refractivity contribution in [3.8, 4) is 11.1 Å². The van der Waals surface area contributed by atoms with Crippen molar-refractivity contribution in [3.05, 3.63) is 117 Å². The highest BCUT2D eigenvalue weighted by Gasteiger charge is 2.55. The molecule has 300 valence electrons. The van der Waals surface area contributed by atoms with Crippen LogP contribution in [0.4, 0.5) is 0 Å². The molecule has 6 rings (SSSR count). The number of hydrogen-bond acceptors (Lipinski definition) is 10. The van der Waals surface area contributed by atoms with Crippen molar-refractivity contribution in [1.82, 2.24) is 14.5 Å². The largest absolute Gasteiger partial charge is 0.455 e. The molecule has 57 heavy (non-hydrogen) atoms. The third-order valence-electron chi connectivity index (χ3n) is 10.4. The van der Waals surface area contributed by atoms with Gasteiger partial charge in [0.2, 0.25) is 0 Å². The highest BCUT2D eigenvalue weighted by Crippen LogP contribution is 2.44. The SMILES string of the molecule is CC(=O)O[C@@H]1[C@H](OC(C)=O)[C@@H](C(OC(=O)c2ccc(-c3ccccc3)cc2)c2ccc(Cl)c(Cl)c2)O[C@H]1n1cc(CCO[Si](C)(C)C(C)(C)C)c2c(Cl)ncnc21. The Morgan fingerprint density at radius 2 is 1.51 bits per heavy atom. The summed E-state index contributed by atoms with van der Waals surface area (Å²) in [7, 11) is -2.09. The molecule has 11 nitrogen and oxygen atoms in total. The van der Waals surface area contributed by atoms with E-state index in [0.717, 1.165) is 16.7 Å². The van der Waals surface area contributed by atoms with Crippen LogP contribution < -0.4 is 0 Å². The monoisotopic (exact) mass is 851 g/mol. The average Bonchev–Trinajstić information content (AvgIpc) is 3.69. The number of fused-ring (bicyclic) bond motifs is 1. The zero-order valence-corrected chi connectivity index (χ0v) is 35.9. The summed E-state index contributed by atoms with van der Waals surface area (Å²) < 4.78 is 33.0. The van der Waals surface area contributed by atoms with E-state index < -0.39 is 56.9 Å². The lowest BCUT2D eigenvalue weighted by Gasteiger charge is -2.36. The molecule has 0 aliphatic carbocycles. The highest BCUT2D eigenvalue weighted by molar-refractivity contribution is 6.74. The van der Waals surface area contributed by atoms with E-state index in [2.05, 4.69) is 43.8 Å². The Morgan fingerprint density at radius 1 is 0.860 bits per heavy atom. The van der Waals surface area contributed by atoms with Crippen LogP contribution in [-0.2, 0) is 39.4 Å². The van der Waals surface area contributed by atoms with Crippen molar-refractivity contribution in [2.24, 2.45) is 0 Å². The van der Waals surface area contributed by atoms with Crippen LogP contribution in [0.3, 0.4) is 0 Å². The first kappa shape index (κ1) is 42.3. The lowest BCUT2D eigenvalue weighted by atomic mass is 9.98. The average molecular weight is 853 g/mol. The summed E-state index contributed by atoms with van der Waals surface area (Å²) in [5.41, 5.74) is 3.66. The van der Waals surface area contributed by atoms with Gasteiger partial charge in [-0.05, 0) is 71.1 Å². The van der Waals surface area contributed by atoms with E-state index >= 15 is 0 Å². The lowest BCUT2D eigenvalue weighted by Crippen LogP contribution is -2.41. The molecule has 0 bridgehead atoms. The van der Waals surface area contributed by atoms with E-state index in [1.807, 2.05) is 42.5 Å². The normalized spacial score (nSPS) is 19.0. The van der Waals surface area contributed by atoms with Gasteiger partial charge in [0.05, 0.1) is 21.0 Å². The molecule has 0 radical (unpaired) electrons. The van der Waals surface area contributed by atoms with Gasteiger partial charge in [-0.3, -0.25) is 9.59 Å². The van der Waals surface area contributed by atoms with E-state index in [-0.39, 0.29) is 25.8 Å². The summed E-state index contributed by atoms with van der Waals surface area (Å²) in [5.74, 6) is -2.05. The number of nitrogens with zero attached hydrogens (tertiary/aromatic N) is 3. The highest BCUT2D eigenvalue weighted by atomic mass is 35.5. The van der Waals surface area contributed by atoms with Gasteiger partial charge in [-0.2, -0.15) is 0 Å². The van der Waals surface area contributed by atoms with Crippen LogP contribution in [0.5, 0.6) is 0 Å². The van der Waals surface area contributed by atoms with Crippen molar-refractivity contribution < 1.29 is 37.8 Å². The standard InChI is InChI=1S/C42H44Cl3N3O8Si/c1-24(49)53-36-35(34(29-17-18-31(43)32(44)21-29)56-41(51)28-15-13-27(14-16-28)26-11-9-8-10-12-26)55-40(37(36)54-25(2)50)48-22-30(33-38(45)46-23-47-39(33)48)19-20-52-57(6,7)42(3,4)5/h8-18,21-23,34-37,40H,19-20H2,1-7H3/t34?,35-,36-,37-,40-/m1/s1. The first-order valence-electron chi connectivity index (χ1n) is 18.4. The van der Waals surface area contributed by atoms with Crippen LogP contribution in [0.25, 0.3) is 22.2 Å². The fourth-order valence-electron chi connectivity index (χ4n) is 6.54. The second-order valence-corrected chi connectivity index (χ2v) is 21.3. The van der Waals surface area contributed by atoms with Gasteiger partial charge in [0.1, 0.15) is 23.2 Å². The number of halogens is 3. The van der Waals surface area contributed by atoms with Crippen LogP contribution in [0, 0.1) is 0 Å². The number of aromatic nitrogens is 3. The molecular weight excluding hydrogens is 809 g/mol. The van der Waals surface area contributed by atoms with Gasteiger partial charge in [0.15, 0.2) is 32.9 Å². The molecule has 5 atom stereocenters. The molecule has 5 aromatic rings. The van der Waals surface area contributed by atoms with Crippen LogP contribution in [-0.4, -0.2) is 65.7 Å². The lowest BCUT2D eigenvalue weighted by molar-refractivity contribution is -0.166. The summed E-state index contributed by atoms with van der Waals surface area (Å²) >= 11 is 19.5. The quantitative estimate of drug-likeness (QED) is 0.0518. The van der Waals surface area contributed by atoms with Gasteiger partial charge in [0, 0.05) is 26.7 Å². The number of carbonyl (C=O) groups excluding carboxylic acids is 3. The number of esters is 3. The van der Waals surface area contributed by atoms with Crippen LogP contribution in [0.15, 0.2) is 85.3 Å². The number of rotatable bonds is 12. The van der Waals surface area contributed by atoms with Crippen LogP contribution in [0.2, 0.25) is 33.3 Å². The van der Waals surface area contributed by atoms with Gasteiger partial charge in [-0.15, -0.1) is 0 Å². The first-order valence-corrected chi connectivity index (χ1v) is 22.4. The minimum atomic E-state index is -2.09. The Hall–Kier alpha value is -4.30. The molecule has 1 aliphatic heterocycles. The number of hydrogen-bond donors (Lipinski definition) is 0. The fraction of sp³-hybridized carbons (Fsp3) is 0.357. The smallest absolute Gasteiger partial charge is 0.338 e. The summed E-state index contributed by atoms with van der Waals surface area (Å²) in [6.07, 6.45) is -2.62. The molecule has 15 heteroatoms. The van der Waals surface area contributed by atoms with Gasteiger partial charge in [-0.1, -0.05) is 104 Å². The molecule has 1 fully saturated rings. The predicted molar refractivity (Wildman–Crippen MR) is 221 cm³/mol. The van der Waals surface area contributed by atoms with Crippen LogP contribution >= 0.6 is 34.8 Å². The van der Waals surface area contributed by atoms with Crippen molar-refractivity contribution >= 4 is 72.1 Å². The molecule has 0 spiro atoms. The number of ether oxygens (including phenoxy) is 4.